The molecule has 0 saturated heterocycles. The van der Waals surface area contributed by atoms with Crippen LogP contribution in [0.15, 0.2) is 85.9 Å². The third-order valence-electron chi connectivity index (χ3n) is 2.91. The van der Waals surface area contributed by atoms with Gasteiger partial charge in [-0.2, -0.15) is 0 Å². The summed E-state index contributed by atoms with van der Waals surface area (Å²) in [5, 5.41) is 0. The molecule has 100 valence electrons. The van der Waals surface area contributed by atoms with Crippen LogP contribution in [0.1, 0.15) is 12.5 Å². The van der Waals surface area contributed by atoms with Gasteiger partial charge in [-0.05, 0) is 42.9 Å². The van der Waals surface area contributed by atoms with Gasteiger partial charge in [-0.15, -0.1) is 0 Å². The molecule has 0 N–H and O–H groups in total. The first-order valence-electron chi connectivity index (χ1n) is 6.51. The zero-order valence-electron chi connectivity index (χ0n) is 11.7. The zero-order chi connectivity index (χ0) is 14.4. The summed E-state index contributed by atoms with van der Waals surface area (Å²) < 4.78 is 0. The van der Waals surface area contributed by atoms with E-state index in [1.54, 1.807) is 12.3 Å². The number of allylic oxidation sites excluding steroid dienone is 8. The molecule has 1 aromatic heterocycles. The molecule has 0 saturated carbocycles. The molecule has 0 unspecified atom stereocenters. The van der Waals surface area contributed by atoms with Gasteiger partial charge >= 0.3 is 0 Å². The van der Waals surface area contributed by atoms with Gasteiger partial charge in [0.05, 0.1) is 0 Å². The van der Waals surface area contributed by atoms with Gasteiger partial charge in [-0.25, -0.2) is 4.98 Å². The van der Waals surface area contributed by atoms with Crippen molar-refractivity contribution < 1.29 is 0 Å². The van der Waals surface area contributed by atoms with E-state index in [-0.39, 0.29) is 0 Å². The predicted octanol–water partition coefficient (Wildman–Crippen LogP) is 4.63. The normalized spacial score (nSPS) is 18.4. The maximum atomic E-state index is 4.51. The monoisotopic (exact) mass is 262 g/mol. The highest BCUT2D eigenvalue weighted by Gasteiger charge is 2.14. The number of nitrogens with zero attached hydrogens (tertiary/aromatic N) is 2. The molecule has 0 fully saturated rings. The topological polar surface area (TPSA) is 16.1 Å². The molecule has 0 atom stereocenters. The largest absolute Gasteiger partial charge is 0.301 e. The summed E-state index contributed by atoms with van der Waals surface area (Å²) in [6.45, 7) is 9.86. The maximum Gasteiger partial charge on any atom is 0.144 e. The molecule has 20 heavy (non-hydrogen) atoms. The molecule has 1 aliphatic heterocycles. The van der Waals surface area contributed by atoms with E-state index in [1.807, 2.05) is 66.6 Å². The number of rotatable bonds is 3. The molecule has 1 aromatic rings. The summed E-state index contributed by atoms with van der Waals surface area (Å²) in [4.78, 5) is 6.54. The van der Waals surface area contributed by atoms with Crippen LogP contribution in [0, 0.1) is 0 Å². The third kappa shape index (κ3) is 2.86. The third-order valence-corrected chi connectivity index (χ3v) is 2.91. The minimum absolute atomic E-state index is 0.865. The summed E-state index contributed by atoms with van der Waals surface area (Å²) in [5.74, 6) is 0.865. The molecule has 0 bridgehead atoms. The zero-order valence-corrected chi connectivity index (χ0v) is 11.7. The molecule has 0 spiro atoms. The minimum Gasteiger partial charge on any atom is -0.301 e. The van der Waals surface area contributed by atoms with Crippen molar-refractivity contribution in [3.05, 3.63) is 91.5 Å². The first-order valence-corrected chi connectivity index (χ1v) is 6.51. The number of pyridine rings is 1. The van der Waals surface area contributed by atoms with E-state index < -0.39 is 0 Å². The number of hydrogen-bond donors (Lipinski definition) is 0. The lowest BCUT2D eigenvalue weighted by molar-refractivity contribution is 1.11. The fourth-order valence-corrected chi connectivity index (χ4v) is 2.02. The van der Waals surface area contributed by atoms with E-state index in [1.165, 1.54) is 0 Å². The standard InChI is InChI=1S/C18H18N2/c1-4-9-16(10-5-2)20-14-7-6-11-15(3)17-12-8-13-19-18(17)20/h4-14H,1,3H2,2H3/b10-5-,11-6-,14-7-,16-9+. The molecule has 1 aliphatic rings. The first-order chi connectivity index (χ1) is 9.77. The Morgan fingerprint density at radius 3 is 2.95 bits per heavy atom. The molecular weight excluding hydrogens is 244 g/mol. The van der Waals surface area contributed by atoms with Gasteiger partial charge < -0.3 is 4.90 Å². The van der Waals surface area contributed by atoms with Crippen molar-refractivity contribution in [3.8, 4) is 0 Å². The summed E-state index contributed by atoms with van der Waals surface area (Å²) in [6.07, 6.45) is 17.5. The van der Waals surface area contributed by atoms with E-state index in [2.05, 4.69) is 18.1 Å². The number of anilines is 1. The second kappa shape index (κ2) is 6.53. The maximum absolute atomic E-state index is 4.51. The molecule has 2 heterocycles. The van der Waals surface area contributed by atoms with Crippen LogP contribution in [0.25, 0.3) is 5.57 Å². The van der Waals surface area contributed by atoms with Crippen molar-refractivity contribution in [1.82, 2.24) is 4.98 Å². The van der Waals surface area contributed by atoms with Gasteiger partial charge in [0.1, 0.15) is 5.82 Å². The Bertz CT molecular complexity index is 631. The average Bonchev–Trinajstić information content (AvgIpc) is 2.45. The van der Waals surface area contributed by atoms with Gasteiger partial charge in [-0.1, -0.05) is 37.5 Å². The van der Waals surface area contributed by atoms with Crippen molar-refractivity contribution in [2.45, 2.75) is 6.92 Å². The van der Waals surface area contributed by atoms with Crippen molar-refractivity contribution in [1.29, 1.82) is 0 Å². The predicted molar refractivity (Wildman–Crippen MR) is 87.1 cm³/mol. The number of fused-ring (bicyclic) bond motifs is 1. The Morgan fingerprint density at radius 2 is 2.20 bits per heavy atom. The van der Waals surface area contributed by atoms with E-state index >= 15 is 0 Å². The summed E-state index contributed by atoms with van der Waals surface area (Å²) in [6, 6.07) is 3.95. The second-order valence-electron chi connectivity index (χ2n) is 4.30. The van der Waals surface area contributed by atoms with Crippen molar-refractivity contribution in [2.75, 3.05) is 4.90 Å². The Kier molecular flexibility index (Phi) is 4.51. The quantitative estimate of drug-likeness (QED) is 0.738. The molecule has 0 aromatic carbocycles. The SMILES string of the molecule is C=C/C=C(\C=C/C)N1/C=C\C=C/C(=C)c2cccnc21. The number of aromatic nitrogens is 1. The summed E-state index contributed by atoms with van der Waals surface area (Å²) >= 11 is 0. The van der Waals surface area contributed by atoms with Crippen LogP contribution in [0.4, 0.5) is 5.82 Å². The van der Waals surface area contributed by atoms with Crippen molar-refractivity contribution >= 4 is 11.4 Å². The van der Waals surface area contributed by atoms with Gasteiger partial charge in [0.15, 0.2) is 0 Å². The Balaban J connectivity index is 2.62. The fourth-order valence-electron chi connectivity index (χ4n) is 2.02. The number of hydrogen-bond acceptors (Lipinski definition) is 2. The Labute approximate surface area is 120 Å². The average molecular weight is 262 g/mol. The lowest BCUT2D eigenvalue weighted by Crippen LogP contribution is -2.17. The van der Waals surface area contributed by atoms with Crippen LogP contribution in [0.2, 0.25) is 0 Å². The second-order valence-corrected chi connectivity index (χ2v) is 4.30. The van der Waals surface area contributed by atoms with Crippen LogP contribution in [-0.4, -0.2) is 4.98 Å². The minimum atomic E-state index is 0.865. The van der Waals surface area contributed by atoms with E-state index in [0.29, 0.717) is 0 Å². The fraction of sp³-hybridized carbons (Fsp3) is 0.0556. The lowest BCUT2D eigenvalue weighted by atomic mass is 10.1. The smallest absolute Gasteiger partial charge is 0.144 e. The Hall–Kier alpha value is -2.61. The highest BCUT2D eigenvalue weighted by Crippen LogP contribution is 2.29. The van der Waals surface area contributed by atoms with Gasteiger partial charge in [0.25, 0.3) is 0 Å². The summed E-state index contributed by atoms with van der Waals surface area (Å²) in [5.41, 5.74) is 2.97. The molecule has 2 rings (SSSR count). The molecule has 0 aliphatic carbocycles. The molecule has 2 nitrogen and oxygen atoms in total. The molecule has 2 heteroatoms. The van der Waals surface area contributed by atoms with Crippen LogP contribution < -0.4 is 4.90 Å². The van der Waals surface area contributed by atoms with Gasteiger partial charge in [-0.3, -0.25) is 0 Å². The van der Waals surface area contributed by atoms with Crippen molar-refractivity contribution in [2.24, 2.45) is 0 Å². The van der Waals surface area contributed by atoms with Crippen LogP contribution in [-0.2, 0) is 0 Å². The highest BCUT2D eigenvalue weighted by atomic mass is 15.2. The molecular formula is C18H18N2. The lowest BCUT2D eigenvalue weighted by Gasteiger charge is -2.24. The molecule has 0 radical (unpaired) electrons. The van der Waals surface area contributed by atoms with Gasteiger partial charge in [0.2, 0.25) is 0 Å². The van der Waals surface area contributed by atoms with Crippen LogP contribution in [0.3, 0.4) is 0 Å². The highest BCUT2D eigenvalue weighted by molar-refractivity contribution is 5.81. The summed E-state index contributed by atoms with van der Waals surface area (Å²) in [7, 11) is 0. The van der Waals surface area contributed by atoms with E-state index in [4.69, 9.17) is 0 Å². The van der Waals surface area contributed by atoms with E-state index in [9.17, 15) is 0 Å². The van der Waals surface area contributed by atoms with Crippen LogP contribution in [0.5, 0.6) is 0 Å². The van der Waals surface area contributed by atoms with Gasteiger partial charge in [0, 0.05) is 23.7 Å². The molecule has 0 amide bonds. The van der Waals surface area contributed by atoms with Crippen molar-refractivity contribution in [3.63, 3.8) is 0 Å². The Morgan fingerprint density at radius 1 is 1.35 bits per heavy atom. The van der Waals surface area contributed by atoms with Crippen LogP contribution >= 0.6 is 0 Å². The van der Waals surface area contributed by atoms with E-state index in [0.717, 1.165) is 22.7 Å². The first kappa shape index (κ1) is 13.8.